The molecule has 2 heterocycles. The second-order valence-corrected chi connectivity index (χ2v) is 9.21. The maximum absolute atomic E-state index is 13.0. The van der Waals surface area contributed by atoms with Gasteiger partial charge in [-0.05, 0) is 37.6 Å². The molecule has 3 aromatic rings. The molecular formula is C22H24N4O2S. The summed E-state index contributed by atoms with van der Waals surface area (Å²) in [4.78, 5) is 2.47. The molecule has 0 atom stereocenters. The lowest BCUT2D eigenvalue weighted by Gasteiger charge is -2.34. The van der Waals surface area contributed by atoms with Crippen LogP contribution in [0.25, 0.3) is 11.3 Å². The molecule has 2 aromatic carbocycles. The molecule has 0 amide bonds. The monoisotopic (exact) mass is 408 g/mol. The molecule has 6 nitrogen and oxygen atoms in total. The van der Waals surface area contributed by atoms with Crippen LogP contribution in [-0.4, -0.2) is 49.1 Å². The Morgan fingerprint density at radius 1 is 0.828 bits per heavy atom. The number of sulfonamides is 1. The lowest BCUT2D eigenvalue weighted by molar-refractivity contribution is 0.383. The molecule has 0 bridgehead atoms. The van der Waals surface area contributed by atoms with Crippen molar-refractivity contribution in [2.75, 3.05) is 31.1 Å². The first kappa shape index (κ1) is 19.5. The third kappa shape index (κ3) is 4.02. The first-order valence-electron chi connectivity index (χ1n) is 9.67. The van der Waals surface area contributed by atoms with Crippen LogP contribution in [0.4, 0.5) is 5.82 Å². The molecule has 0 unspecified atom stereocenters. The van der Waals surface area contributed by atoms with E-state index in [9.17, 15) is 8.42 Å². The standard InChI is InChI=1S/C22H24N4O2S/c1-17-8-10-21(18(2)16-17)29(27,28)26-14-12-25(13-15-26)22-11-9-20(23-24-22)19-6-4-3-5-7-19/h3-11,16H,12-15H2,1-2H3. The van der Waals surface area contributed by atoms with Gasteiger partial charge in [0.15, 0.2) is 5.82 Å². The van der Waals surface area contributed by atoms with Crippen LogP contribution < -0.4 is 4.90 Å². The number of anilines is 1. The van der Waals surface area contributed by atoms with Crippen molar-refractivity contribution in [1.82, 2.24) is 14.5 Å². The highest BCUT2D eigenvalue weighted by Crippen LogP contribution is 2.24. The van der Waals surface area contributed by atoms with Crippen LogP contribution in [-0.2, 0) is 10.0 Å². The summed E-state index contributed by atoms with van der Waals surface area (Å²) in [6.45, 7) is 5.84. The van der Waals surface area contributed by atoms with Crippen LogP contribution >= 0.6 is 0 Å². The Kier molecular flexibility index (Phi) is 5.34. The molecule has 0 radical (unpaired) electrons. The molecular weight excluding hydrogens is 384 g/mol. The van der Waals surface area contributed by atoms with Crippen LogP contribution in [0.2, 0.25) is 0 Å². The van der Waals surface area contributed by atoms with Crippen molar-refractivity contribution in [2.24, 2.45) is 0 Å². The number of nitrogens with zero attached hydrogens (tertiary/aromatic N) is 4. The summed E-state index contributed by atoms with van der Waals surface area (Å²) < 4.78 is 27.6. The summed E-state index contributed by atoms with van der Waals surface area (Å²) in [6.07, 6.45) is 0. The van der Waals surface area contributed by atoms with E-state index in [0.29, 0.717) is 31.1 Å². The summed E-state index contributed by atoms with van der Waals surface area (Å²) in [5.74, 6) is 0.772. The molecule has 1 aliphatic rings. The maximum Gasteiger partial charge on any atom is 0.243 e. The van der Waals surface area contributed by atoms with Gasteiger partial charge in [0.1, 0.15) is 0 Å². The van der Waals surface area contributed by atoms with Crippen LogP contribution in [0.1, 0.15) is 11.1 Å². The van der Waals surface area contributed by atoms with E-state index in [1.54, 1.807) is 10.4 Å². The molecule has 29 heavy (non-hydrogen) atoms. The average molecular weight is 409 g/mol. The highest BCUT2D eigenvalue weighted by molar-refractivity contribution is 7.89. The number of aryl methyl sites for hydroxylation is 2. The smallest absolute Gasteiger partial charge is 0.243 e. The number of aromatic nitrogens is 2. The van der Waals surface area contributed by atoms with Gasteiger partial charge in [-0.3, -0.25) is 0 Å². The van der Waals surface area contributed by atoms with Gasteiger partial charge in [0.2, 0.25) is 10.0 Å². The SMILES string of the molecule is Cc1ccc(S(=O)(=O)N2CCN(c3ccc(-c4ccccc4)nn3)CC2)c(C)c1. The zero-order valence-electron chi connectivity index (χ0n) is 16.6. The number of benzene rings is 2. The number of hydrogen-bond acceptors (Lipinski definition) is 5. The van der Waals surface area contributed by atoms with Crippen molar-refractivity contribution in [3.63, 3.8) is 0 Å². The van der Waals surface area contributed by atoms with Gasteiger partial charge in [-0.15, -0.1) is 10.2 Å². The van der Waals surface area contributed by atoms with Gasteiger partial charge in [-0.2, -0.15) is 4.31 Å². The quantitative estimate of drug-likeness (QED) is 0.663. The first-order valence-corrected chi connectivity index (χ1v) is 11.1. The molecule has 1 aromatic heterocycles. The van der Waals surface area contributed by atoms with E-state index in [-0.39, 0.29) is 0 Å². The summed E-state index contributed by atoms with van der Waals surface area (Å²) in [5.41, 5.74) is 3.69. The highest BCUT2D eigenvalue weighted by atomic mass is 32.2. The van der Waals surface area contributed by atoms with Crippen LogP contribution in [0, 0.1) is 13.8 Å². The van der Waals surface area contributed by atoms with Crippen LogP contribution in [0.15, 0.2) is 65.6 Å². The molecule has 0 spiro atoms. The highest BCUT2D eigenvalue weighted by Gasteiger charge is 2.30. The Bertz CT molecular complexity index is 1090. The Morgan fingerprint density at radius 3 is 2.17 bits per heavy atom. The zero-order valence-corrected chi connectivity index (χ0v) is 17.4. The Hall–Kier alpha value is -2.77. The Morgan fingerprint density at radius 2 is 1.55 bits per heavy atom. The molecule has 0 N–H and O–H groups in total. The van der Waals surface area contributed by atoms with E-state index in [1.165, 1.54) is 0 Å². The van der Waals surface area contributed by atoms with Gasteiger partial charge in [0.25, 0.3) is 0 Å². The van der Waals surface area contributed by atoms with Gasteiger partial charge >= 0.3 is 0 Å². The molecule has 0 saturated carbocycles. The average Bonchev–Trinajstić information content (AvgIpc) is 2.74. The van der Waals surface area contributed by atoms with E-state index < -0.39 is 10.0 Å². The molecule has 4 rings (SSSR count). The van der Waals surface area contributed by atoms with Crippen LogP contribution in [0.3, 0.4) is 0 Å². The van der Waals surface area contributed by atoms with Gasteiger partial charge in [-0.1, -0.05) is 48.0 Å². The number of piperazine rings is 1. The topological polar surface area (TPSA) is 66.4 Å². The minimum atomic E-state index is -3.49. The van der Waals surface area contributed by atoms with Gasteiger partial charge in [0, 0.05) is 31.7 Å². The molecule has 150 valence electrons. The van der Waals surface area contributed by atoms with Crippen molar-refractivity contribution in [2.45, 2.75) is 18.7 Å². The summed E-state index contributed by atoms with van der Waals surface area (Å²) in [7, 11) is -3.49. The first-order chi connectivity index (χ1) is 13.9. The summed E-state index contributed by atoms with van der Waals surface area (Å²) in [5, 5.41) is 8.69. The summed E-state index contributed by atoms with van der Waals surface area (Å²) in [6, 6.07) is 19.3. The van der Waals surface area contributed by atoms with Crippen molar-refractivity contribution in [3.8, 4) is 11.3 Å². The van der Waals surface area contributed by atoms with Crippen LogP contribution in [0.5, 0.6) is 0 Å². The minimum Gasteiger partial charge on any atom is -0.352 e. The maximum atomic E-state index is 13.0. The van der Waals surface area contributed by atoms with Gasteiger partial charge < -0.3 is 4.90 Å². The van der Waals surface area contributed by atoms with Crippen molar-refractivity contribution < 1.29 is 8.42 Å². The third-order valence-electron chi connectivity index (χ3n) is 5.23. The normalized spacial score (nSPS) is 15.4. The second kappa shape index (κ2) is 7.93. The fourth-order valence-electron chi connectivity index (χ4n) is 3.64. The number of rotatable bonds is 4. The molecule has 7 heteroatoms. The third-order valence-corrected chi connectivity index (χ3v) is 7.29. The fraction of sp³-hybridized carbons (Fsp3) is 0.273. The molecule has 0 aliphatic carbocycles. The molecule has 1 aliphatic heterocycles. The van der Waals surface area contributed by atoms with E-state index in [2.05, 4.69) is 15.1 Å². The van der Waals surface area contributed by atoms with E-state index >= 15 is 0 Å². The Balaban J connectivity index is 1.45. The van der Waals surface area contributed by atoms with Gasteiger partial charge in [-0.25, -0.2) is 8.42 Å². The molecule has 1 fully saturated rings. The van der Waals surface area contributed by atoms with E-state index in [4.69, 9.17) is 0 Å². The lowest BCUT2D eigenvalue weighted by Crippen LogP contribution is -2.49. The van der Waals surface area contributed by atoms with E-state index in [0.717, 1.165) is 28.2 Å². The van der Waals surface area contributed by atoms with Gasteiger partial charge in [0.05, 0.1) is 10.6 Å². The largest absolute Gasteiger partial charge is 0.352 e. The van der Waals surface area contributed by atoms with Crippen molar-refractivity contribution >= 4 is 15.8 Å². The minimum absolute atomic E-state index is 0.392. The molecule has 1 saturated heterocycles. The predicted molar refractivity (Wildman–Crippen MR) is 114 cm³/mol. The van der Waals surface area contributed by atoms with Crippen molar-refractivity contribution in [1.29, 1.82) is 0 Å². The zero-order chi connectivity index (χ0) is 20.4. The predicted octanol–water partition coefficient (Wildman–Crippen LogP) is 3.27. The van der Waals surface area contributed by atoms with Crippen molar-refractivity contribution in [3.05, 3.63) is 71.8 Å². The second-order valence-electron chi connectivity index (χ2n) is 7.30. The number of hydrogen-bond donors (Lipinski definition) is 0. The summed E-state index contributed by atoms with van der Waals surface area (Å²) >= 11 is 0. The fourth-order valence-corrected chi connectivity index (χ4v) is 5.27. The lowest BCUT2D eigenvalue weighted by atomic mass is 10.1. The Labute approximate surface area is 171 Å². The van der Waals surface area contributed by atoms with E-state index in [1.807, 2.05) is 68.4 Å².